The Morgan fingerprint density at radius 3 is 2.28 bits per heavy atom. The Morgan fingerprint density at radius 1 is 1.12 bits per heavy atom. The van der Waals surface area contributed by atoms with Crippen molar-refractivity contribution in [1.29, 1.82) is 0 Å². The van der Waals surface area contributed by atoms with Gasteiger partial charge in [0.1, 0.15) is 5.82 Å². The average molecular weight is 353 g/mol. The first kappa shape index (κ1) is 21.0. The monoisotopic (exact) mass is 353 g/mol. The molecule has 0 fully saturated rings. The summed E-state index contributed by atoms with van der Waals surface area (Å²) in [6.07, 6.45) is 2.31. The van der Waals surface area contributed by atoms with Crippen LogP contribution in [-0.4, -0.2) is 46.5 Å². The van der Waals surface area contributed by atoms with Crippen LogP contribution < -0.4 is 21.9 Å². The summed E-state index contributed by atoms with van der Waals surface area (Å²) in [6, 6.07) is 0. The van der Waals surface area contributed by atoms with Crippen LogP contribution in [0.4, 0.5) is 11.5 Å². The number of nitrogens with zero attached hydrogens (tertiary/aromatic N) is 3. The molecule has 1 aromatic rings. The number of carbonyl (C=O) groups excluding carboxylic acids is 1. The molecule has 1 rings (SSSR count). The van der Waals surface area contributed by atoms with E-state index in [0.29, 0.717) is 19.5 Å². The van der Waals surface area contributed by atoms with Crippen LogP contribution in [0.1, 0.15) is 47.0 Å². The summed E-state index contributed by atoms with van der Waals surface area (Å²) in [5.41, 5.74) is 5.04. The smallest absolute Gasteiger partial charge is 0.330 e. The number of likely N-dealkylation sites (N-methyl/N-ethyl adjacent to an activating group) is 1. The molecule has 0 aliphatic heterocycles. The number of nitrogens with two attached hydrogens (primary N) is 1. The van der Waals surface area contributed by atoms with Crippen LogP contribution >= 0.6 is 0 Å². The Morgan fingerprint density at radius 2 is 1.76 bits per heavy atom. The van der Waals surface area contributed by atoms with E-state index >= 15 is 0 Å². The third kappa shape index (κ3) is 5.19. The number of nitrogens with one attached hydrogen (secondary N) is 1. The molecule has 1 heterocycles. The number of nitrogen functional groups attached to an aromatic ring is 1. The van der Waals surface area contributed by atoms with Crippen LogP contribution in [0.3, 0.4) is 0 Å². The number of hydrogen-bond acceptors (Lipinski definition) is 5. The molecule has 0 spiro atoms. The first-order valence-electron chi connectivity index (χ1n) is 9.06. The number of aromatic amines is 1. The highest BCUT2D eigenvalue weighted by Crippen LogP contribution is 2.18. The molecule has 8 nitrogen and oxygen atoms in total. The molecule has 0 atom stereocenters. The Balaban J connectivity index is 3.35. The van der Waals surface area contributed by atoms with Gasteiger partial charge in [0.2, 0.25) is 5.91 Å². The van der Waals surface area contributed by atoms with E-state index in [1.54, 1.807) is 0 Å². The molecular weight excluding hydrogens is 322 g/mol. The van der Waals surface area contributed by atoms with Gasteiger partial charge in [0.15, 0.2) is 5.69 Å². The quantitative estimate of drug-likeness (QED) is 0.653. The second-order valence-corrected chi connectivity index (χ2v) is 6.01. The minimum atomic E-state index is -0.612. The zero-order chi connectivity index (χ0) is 19.0. The Bertz CT molecular complexity index is 676. The molecule has 3 N–H and O–H groups in total. The van der Waals surface area contributed by atoms with Crippen molar-refractivity contribution in [1.82, 2.24) is 14.5 Å². The van der Waals surface area contributed by atoms with E-state index < -0.39 is 11.2 Å². The van der Waals surface area contributed by atoms with Gasteiger partial charge in [-0.25, -0.2) is 4.79 Å². The predicted molar refractivity (Wildman–Crippen MR) is 101 cm³/mol. The molecule has 1 aromatic heterocycles. The molecule has 0 unspecified atom stereocenters. The molecule has 8 heteroatoms. The number of unbranched alkanes of at least 4 members (excludes halogenated alkanes) is 1. The van der Waals surface area contributed by atoms with Crippen LogP contribution in [0.25, 0.3) is 0 Å². The number of hydrogen-bond donors (Lipinski definition) is 2. The van der Waals surface area contributed by atoms with Crippen molar-refractivity contribution < 1.29 is 4.79 Å². The number of anilines is 2. The molecule has 25 heavy (non-hydrogen) atoms. The average Bonchev–Trinajstić information content (AvgIpc) is 2.58. The molecule has 0 saturated heterocycles. The van der Waals surface area contributed by atoms with E-state index in [-0.39, 0.29) is 24.0 Å². The summed E-state index contributed by atoms with van der Waals surface area (Å²) in [5.74, 6) is -0.129. The van der Waals surface area contributed by atoms with Gasteiger partial charge in [0.25, 0.3) is 5.56 Å². The molecule has 0 aromatic carbocycles. The lowest BCUT2D eigenvalue weighted by atomic mass is 10.2. The van der Waals surface area contributed by atoms with Crippen LogP contribution in [0, 0.1) is 0 Å². The fourth-order valence-corrected chi connectivity index (χ4v) is 2.69. The highest BCUT2D eigenvalue weighted by atomic mass is 16.2. The zero-order valence-electron chi connectivity index (χ0n) is 15.8. The van der Waals surface area contributed by atoms with Crippen LogP contribution in [0.15, 0.2) is 9.59 Å². The Labute approximate surface area is 148 Å². The van der Waals surface area contributed by atoms with Crippen molar-refractivity contribution in [2.45, 2.75) is 53.5 Å². The van der Waals surface area contributed by atoms with E-state index in [4.69, 9.17) is 5.73 Å². The van der Waals surface area contributed by atoms with Gasteiger partial charge < -0.3 is 10.6 Å². The summed E-state index contributed by atoms with van der Waals surface area (Å²) >= 11 is 0. The van der Waals surface area contributed by atoms with Gasteiger partial charge in [-0.3, -0.25) is 24.0 Å². The number of H-pyrrole nitrogens is 1. The minimum absolute atomic E-state index is 0.0552. The summed E-state index contributed by atoms with van der Waals surface area (Å²) in [6.45, 7) is 10.4. The van der Waals surface area contributed by atoms with Gasteiger partial charge in [0, 0.05) is 13.1 Å². The maximum atomic E-state index is 12.8. The van der Waals surface area contributed by atoms with Gasteiger partial charge >= 0.3 is 5.69 Å². The normalized spacial score (nSPS) is 11.1. The molecule has 0 saturated carbocycles. The molecule has 0 aliphatic carbocycles. The van der Waals surface area contributed by atoms with Gasteiger partial charge in [-0.1, -0.05) is 34.1 Å². The zero-order valence-corrected chi connectivity index (χ0v) is 15.8. The van der Waals surface area contributed by atoms with Gasteiger partial charge in [-0.15, -0.1) is 0 Å². The lowest BCUT2D eigenvalue weighted by molar-refractivity contribution is -0.119. The topological polar surface area (TPSA) is 104 Å². The van der Waals surface area contributed by atoms with E-state index in [1.165, 1.54) is 9.47 Å². The Kier molecular flexibility index (Phi) is 8.40. The Hall–Kier alpha value is -2.09. The number of carbonyl (C=O) groups is 1. The summed E-state index contributed by atoms with van der Waals surface area (Å²) in [7, 11) is 0. The second-order valence-electron chi connectivity index (χ2n) is 6.01. The van der Waals surface area contributed by atoms with Crippen molar-refractivity contribution in [3.63, 3.8) is 0 Å². The van der Waals surface area contributed by atoms with Crippen molar-refractivity contribution >= 4 is 17.4 Å². The molecular formula is C17H31N5O3. The lowest BCUT2D eigenvalue weighted by Crippen LogP contribution is -2.45. The molecule has 0 bridgehead atoms. The maximum Gasteiger partial charge on any atom is 0.330 e. The second kappa shape index (κ2) is 10.0. The van der Waals surface area contributed by atoms with Crippen LogP contribution in [0.5, 0.6) is 0 Å². The third-order valence-electron chi connectivity index (χ3n) is 4.22. The van der Waals surface area contributed by atoms with Crippen molar-refractivity contribution in [2.75, 3.05) is 36.8 Å². The molecule has 0 aliphatic rings. The first-order valence-corrected chi connectivity index (χ1v) is 9.06. The number of rotatable bonds is 10. The fraction of sp³-hybridized carbons (Fsp3) is 0.706. The predicted octanol–water partition coefficient (Wildman–Crippen LogP) is 1.00. The minimum Gasteiger partial charge on any atom is -0.383 e. The van der Waals surface area contributed by atoms with Crippen molar-refractivity contribution in [3.8, 4) is 0 Å². The number of amides is 1. The van der Waals surface area contributed by atoms with Gasteiger partial charge in [-0.05, 0) is 25.9 Å². The summed E-state index contributed by atoms with van der Waals surface area (Å²) in [5, 5.41) is 0. The highest BCUT2D eigenvalue weighted by Gasteiger charge is 2.24. The van der Waals surface area contributed by atoms with E-state index in [0.717, 1.165) is 25.9 Å². The third-order valence-corrected chi connectivity index (χ3v) is 4.22. The summed E-state index contributed by atoms with van der Waals surface area (Å²) < 4.78 is 1.32. The summed E-state index contributed by atoms with van der Waals surface area (Å²) in [4.78, 5) is 42.9. The van der Waals surface area contributed by atoms with Crippen molar-refractivity contribution in [3.05, 3.63) is 20.8 Å². The van der Waals surface area contributed by atoms with Gasteiger partial charge in [-0.2, -0.15) is 0 Å². The van der Waals surface area contributed by atoms with E-state index in [1.807, 2.05) is 32.6 Å². The first-order chi connectivity index (χ1) is 11.9. The van der Waals surface area contributed by atoms with Crippen molar-refractivity contribution in [2.24, 2.45) is 0 Å². The maximum absolute atomic E-state index is 12.8. The largest absolute Gasteiger partial charge is 0.383 e. The molecule has 0 radical (unpaired) electrons. The van der Waals surface area contributed by atoms with Crippen LogP contribution in [-0.2, 0) is 11.3 Å². The van der Waals surface area contributed by atoms with Crippen LogP contribution in [0.2, 0.25) is 0 Å². The van der Waals surface area contributed by atoms with Gasteiger partial charge in [0.05, 0.1) is 6.54 Å². The molecule has 1 amide bonds. The lowest BCUT2D eigenvalue weighted by Gasteiger charge is -2.27. The SMILES string of the molecule is CCCCN(C(=O)CN(CC)CC)c1c(N)n(CCC)c(=O)[nH]c1=O. The highest BCUT2D eigenvalue weighted by molar-refractivity contribution is 5.96. The number of aromatic nitrogens is 2. The standard InChI is InChI=1S/C17H31N5O3/c1-5-9-11-21(13(23)12-20(7-3)8-4)14-15(18)22(10-6-2)17(25)19-16(14)24/h5-12,18H2,1-4H3,(H,19,24,25). The fourth-order valence-electron chi connectivity index (χ4n) is 2.69. The van der Waals surface area contributed by atoms with E-state index in [2.05, 4.69) is 4.98 Å². The van der Waals surface area contributed by atoms with E-state index in [9.17, 15) is 14.4 Å². The molecule has 142 valence electrons.